The number of nitrogens with zero attached hydrogens (tertiary/aromatic N) is 2. The summed E-state index contributed by atoms with van der Waals surface area (Å²) < 4.78 is 28.3. The number of aromatic nitrogens is 2. The van der Waals surface area contributed by atoms with E-state index in [1.165, 1.54) is 17.7 Å². The van der Waals surface area contributed by atoms with Gasteiger partial charge in [-0.25, -0.2) is 8.60 Å². The smallest absolute Gasteiger partial charge is 0.157 e. The van der Waals surface area contributed by atoms with E-state index in [0.717, 1.165) is 35.9 Å². The molecule has 2 unspecified atom stereocenters. The minimum atomic E-state index is -1.53. The Morgan fingerprint density at radius 2 is 2.19 bits per heavy atom. The van der Waals surface area contributed by atoms with Crippen LogP contribution in [0.5, 0.6) is 0 Å². The largest absolute Gasteiger partial charge is 0.317 e. The quantitative estimate of drug-likeness (QED) is 0.759. The summed E-state index contributed by atoms with van der Waals surface area (Å²) in [6.07, 6.45) is 8.87. The third-order valence-corrected chi connectivity index (χ3v) is 6.18. The highest BCUT2D eigenvalue weighted by molar-refractivity contribution is 7.83. The zero-order chi connectivity index (χ0) is 18.1. The lowest BCUT2D eigenvalue weighted by molar-refractivity contribution is 0.523. The molecule has 1 aromatic carbocycles. The van der Waals surface area contributed by atoms with E-state index in [0.29, 0.717) is 10.9 Å². The van der Waals surface area contributed by atoms with Crippen molar-refractivity contribution in [2.45, 2.75) is 30.2 Å². The zero-order valence-electron chi connectivity index (χ0n) is 14.5. The van der Waals surface area contributed by atoms with E-state index in [1.807, 2.05) is 25.4 Å². The second-order valence-electron chi connectivity index (χ2n) is 6.44. The van der Waals surface area contributed by atoms with Crippen LogP contribution in [0.25, 0.3) is 16.6 Å². The number of allylic oxidation sites excluding steroid dienone is 1. The molecule has 0 fully saturated rings. The van der Waals surface area contributed by atoms with E-state index in [1.54, 1.807) is 22.3 Å². The summed E-state index contributed by atoms with van der Waals surface area (Å²) in [5.74, 6) is -0.390. The first-order chi connectivity index (χ1) is 12.7. The van der Waals surface area contributed by atoms with Gasteiger partial charge < -0.3 is 5.32 Å². The van der Waals surface area contributed by atoms with E-state index >= 15 is 0 Å². The normalized spacial score (nSPS) is 18.7. The van der Waals surface area contributed by atoms with Crippen LogP contribution in [0, 0.1) is 5.82 Å². The minimum Gasteiger partial charge on any atom is -0.317 e. The van der Waals surface area contributed by atoms with Gasteiger partial charge in [0.1, 0.15) is 5.82 Å². The van der Waals surface area contributed by atoms with Gasteiger partial charge in [0.15, 0.2) is 11.0 Å². The monoisotopic (exact) mass is 369 g/mol. The van der Waals surface area contributed by atoms with Crippen molar-refractivity contribution in [3.63, 3.8) is 0 Å². The van der Waals surface area contributed by atoms with Crippen LogP contribution in [0.3, 0.4) is 0 Å². The fourth-order valence-corrected chi connectivity index (χ4v) is 4.60. The molecule has 4 nitrogen and oxygen atoms in total. The molecule has 134 valence electrons. The maximum atomic E-state index is 13.6. The number of nitrogens with one attached hydrogen (secondary N) is 1. The fourth-order valence-electron chi connectivity index (χ4n) is 3.43. The molecule has 26 heavy (non-hydrogen) atoms. The molecule has 2 aromatic heterocycles. The van der Waals surface area contributed by atoms with Crippen LogP contribution in [0.1, 0.15) is 24.8 Å². The number of rotatable bonds is 4. The Bertz CT molecular complexity index is 1010. The van der Waals surface area contributed by atoms with Crippen molar-refractivity contribution in [2.24, 2.45) is 0 Å². The number of pyridine rings is 1. The highest BCUT2D eigenvalue weighted by atomic mass is 32.2. The average molecular weight is 369 g/mol. The van der Waals surface area contributed by atoms with E-state index < -0.39 is 16.8 Å². The molecule has 0 amide bonds. The maximum Gasteiger partial charge on any atom is 0.157 e. The lowest BCUT2D eigenvalue weighted by Crippen LogP contribution is -2.26. The summed E-state index contributed by atoms with van der Waals surface area (Å²) in [7, 11) is 0.458. The predicted molar refractivity (Wildman–Crippen MR) is 103 cm³/mol. The molecule has 0 radical (unpaired) electrons. The van der Waals surface area contributed by atoms with Gasteiger partial charge in [-0.15, -0.1) is 0 Å². The molecule has 1 aliphatic carbocycles. The van der Waals surface area contributed by atoms with Gasteiger partial charge in [-0.05, 0) is 62.2 Å². The Hall–Kier alpha value is -2.31. The van der Waals surface area contributed by atoms with Crippen LogP contribution in [0.2, 0.25) is 0 Å². The first kappa shape index (κ1) is 17.1. The van der Waals surface area contributed by atoms with Gasteiger partial charge in [0.2, 0.25) is 0 Å². The van der Waals surface area contributed by atoms with Gasteiger partial charge in [-0.1, -0.05) is 12.1 Å². The summed E-state index contributed by atoms with van der Waals surface area (Å²) in [6.45, 7) is 0. The van der Waals surface area contributed by atoms with Crippen LogP contribution >= 0.6 is 0 Å². The molecule has 2 heterocycles. The number of hydrogen-bond donors (Lipinski definition) is 1. The maximum absolute atomic E-state index is 13.6. The molecule has 1 aliphatic rings. The fraction of sp³-hybridized carbons (Fsp3) is 0.250. The molecule has 0 saturated heterocycles. The SMILES string of the molecule is CNC1CC=C(c2cn(S(=O)c3cccc(F)c3)c3cccnc23)CC1. The summed E-state index contributed by atoms with van der Waals surface area (Å²) in [5, 5.41) is 3.31. The Morgan fingerprint density at radius 3 is 2.92 bits per heavy atom. The van der Waals surface area contributed by atoms with Gasteiger partial charge in [-0.3, -0.25) is 8.96 Å². The molecular formula is C20H20FN3OS. The van der Waals surface area contributed by atoms with Crippen molar-refractivity contribution in [3.8, 4) is 0 Å². The lowest BCUT2D eigenvalue weighted by atomic mass is 9.91. The molecule has 2 atom stereocenters. The third-order valence-electron chi connectivity index (χ3n) is 4.87. The predicted octanol–water partition coefficient (Wildman–Crippen LogP) is 3.90. The third kappa shape index (κ3) is 3.10. The van der Waals surface area contributed by atoms with E-state index in [2.05, 4.69) is 16.4 Å². The molecule has 6 heteroatoms. The molecule has 3 aromatic rings. The van der Waals surface area contributed by atoms with E-state index in [-0.39, 0.29) is 0 Å². The Labute approximate surface area is 154 Å². The van der Waals surface area contributed by atoms with Crippen LogP contribution in [-0.4, -0.2) is 26.3 Å². The molecule has 0 aliphatic heterocycles. The Morgan fingerprint density at radius 1 is 1.31 bits per heavy atom. The molecule has 0 bridgehead atoms. The second kappa shape index (κ2) is 7.13. The molecular weight excluding hydrogens is 349 g/mol. The summed E-state index contributed by atoms with van der Waals surface area (Å²) in [5.41, 5.74) is 3.88. The van der Waals surface area contributed by atoms with E-state index in [9.17, 15) is 8.60 Å². The standard InChI is InChI=1S/C20H20FN3OS/c1-22-16-9-7-14(8-10-16)18-13-24(19-6-3-11-23-20(18)19)26(25)17-5-2-4-15(21)12-17/h2-7,11-13,16,22H,8-10H2,1H3. The summed E-state index contributed by atoms with van der Waals surface area (Å²) in [4.78, 5) is 4.96. The zero-order valence-corrected chi connectivity index (χ0v) is 15.3. The topological polar surface area (TPSA) is 46.9 Å². The first-order valence-corrected chi connectivity index (χ1v) is 9.78. The molecule has 1 N–H and O–H groups in total. The Balaban J connectivity index is 1.80. The number of fused-ring (bicyclic) bond motifs is 1. The highest BCUT2D eigenvalue weighted by Gasteiger charge is 2.20. The van der Waals surface area contributed by atoms with Crippen LogP contribution in [-0.2, 0) is 11.0 Å². The van der Waals surface area contributed by atoms with Crippen molar-refractivity contribution in [3.05, 3.63) is 66.2 Å². The number of halogens is 1. The van der Waals surface area contributed by atoms with Gasteiger partial charge in [0.25, 0.3) is 0 Å². The van der Waals surface area contributed by atoms with Crippen LogP contribution in [0.15, 0.2) is 59.8 Å². The van der Waals surface area contributed by atoms with Crippen molar-refractivity contribution in [2.75, 3.05) is 7.05 Å². The molecule has 0 saturated carbocycles. The van der Waals surface area contributed by atoms with Crippen molar-refractivity contribution >= 4 is 27.6 Å². The van der Waals surface area contributed by atoms with Gasteiger partial charge in [0, 0.05) is 24.0 Å². The Kier molecular flexibility index (Phi) is 4.70. The molecule has 4 rings (SSSR count). The summed E-state index contributed by atoms with van der Waals surface area (Å²) >= 11 is 0. The van der Waals surface area contributed by atoms with Gasteiger partial charge >= 0.3 is 0 Å². The number of benzene rings is 1. The average Bonchev–Trinajstić information content (AvgIpc) is 3.07. The van der Waals surface area contributed by atoms with Crippen molar-refractivity contribution in [1.82, 2.24) is 14.3 Å². The van der Waals surface area contributed by atoms with Gasteiger partial charge in [-0.2, -0.15) is 0 Å². The number of hydrogen-bond acceptors (Lipinski definition) is 3. The molecule has 0 spiro atoms. The second-order valence-corrected chi connectivity index (χ2v) is 7.80. The first-order valence-electron chi connectivity index (χ1n) is 8.68. The lowest BCUT2D eigenvalue weighted by Gasteiger charge is -2.20. The van der Waals surface area contributed by atoms with Gasteiger partial charge in [0.05, 0.1) is 15.9 Å². The minimum absolute atomic E-state index is 0.390. The summed E-state index contributed by atoms with van der Waals surface area (Å²) in [6, 6.07) is 10.2. The highest BCUT2D eigenvalue weighted by Crippen LogP contribution is 2.33. The van der Waals surface area contributed by atoms with Crippen molar-refractivity contribution in [1.29, 1.82) is 0 Å². The van der Waals surface area contributed by atoms with E-state index in [4.69, 9.17) is 0 Å². The van der Waals surface area contributed by atoms with Crippen molar-refractivity contribution < 1.29 is 8.60 Å². The van der Waals surface area contributed by atoms with Crippen LogP contribution in [0.4, 0.5) is 4.39 Å². The van der Waals surface area contributed by atoms with Crippen LogP contribution < -0.4 is 5.32 Å².